The molecule has 5 heteroatoms. The number of hydrogen-bond donors (Lipinski definition) is 1. The summed E-state index contributed by atoms with van der Waals surface area (Å²) in [6.07, 6.45) is -2.53. The van der Waals surface area contributed by atoms with Crippen LogP contribution in [-0.4, -0.2) is 12.3 Å². The molecule has 0 heterocycles. The lowest BCUT2D eigenvalue weighted by molar-refractivity contribution is -0.126. The lowest BCUT2D eigenvalue weighted by Crippen LogP contribution is -2.20. The molecule has 0 unspecified atom stereocenters. The van der Waals surface area contributed by atoms with Crippen LogP contribution in [0.3, 0.4) is 0 Å². The number of carbonyl (C=O) groups excluding carboxylic acids is 1. The van der Waals surface area contributed by atoms with E-state index in [9.17, 15) is 18.0 Å². The highest BCUT2D eigenvalue weighted by Gasteiger charge is 2.15. The van der Waals surface area contributed by atoms with Crippen molar-refractivity contribution in [2.75, 3.05) is 5.32 Å². The van der Waals surface area contributed by atoms with Crippen molar-refractivity contribution in [1.29, 1.82) is 0 Å². The highest BCUT2D eigenvalue weighted by Crippen LogP contribution is 2.15. The Hall–Kier alpha value is -1.52. The van der Waals surface area contributed by atoms with Crippen molar-refractivity contribution >= 4 is 11.6 Å². The summed E-state index contributed by atoms with van der Waals surface area (Å²) in [5, 5.41) is 1.93. The molecule has 0 spiro atoms. The first-order chi connectivity index (χ1) is 7.02. The number of rotatable bonds is 3. The summed E-state index contributed by atoms with van der Waals surface area (Å²) in [6.45, 7) is 1.80. The summed E-state index contributed by atoms with van der Waals surface area (Å²) in [5.41, 5.74) is 0.691. The molecule has 2 nitrogen and oxygen atoms in total. The van der Waals surface area contributed by atoms with Gasteiger partial charge in [-0.3, -0.25) is 4.79 Å². The number of aryl methyl sites for hydroxylation is 1. The van der Waals surface area contributed by atoms with Crippen LogP contribution in [0, 0.1) is 5.82 Å². The molecule has 1 rings (SSSR count). The molecule has 0 saturated carbocycles. The summed E-state index contributed by atoms with van der Waals surface area (Å²) in [5.74, 6) is -1.98. The minimum Gasteiger partial charge on any atom is -0.321 e. The average molecular weight is 217 g/mol. The molecule has 0 aliphatic heterocycles. The number of alkyl halides is 2. The van der Waals surface area contributed by atoms with Crippen LogP contribution in [0.5, 0.6) is 0 Å². The van der Waals surface area contributed by atoms with Gasteiger partial charge in [0.15, 0.2) is 0 Å². The first-order valence-corrected chi connectivity index (χ1v) is 4.41. The van der Waals surface area contributed by atoms with Gasteiger partial charge in [-0.2, -0.15) is 8.78 Å². The fraction of sp³-hybridized carbons (Fsp3) is 0.300. The Bertz CT molecular complexity index is 366. The molecular weight excluding hydrogens is 207 g/mol. The van der Waals surface area contributed by atoms with Crippen molar-refractivity contribution in [3.8, 4) is 0 Å². The van der Waals surface area contributed by atoms with Crippen LogP contribution < -0.4 is 5.32 Å². The zero-order valence-corrected chi connectivity index (χ0v) is 8.06. The molecule has 1 aromatic carbocycles. The fourth-order valence-corrected chi connectivity index (χ4v) is 1.12. The molecule has 82 valence electrons. The van der Waals surface area contributed by atoms with E-state index in [0.29, 0.717) is 12.0 Å². The molecule has 0 fully saturated rings. The standard InChI is InChI=1S/C10H10F3NO/c1-2-6-3-7(11)5-8(4-6)14-10(15)9(12)13/h3-5,9H,2H2,1H3,(H,14,15). The largest absolute Gasteiger partial charge is 0.321 e. The zero-order chi connectivity index (χ0) is 11.4. The minimum atomic E-state index is -3.10. The summed E-state index contributed by atoms with van der Waals surface area (Å²) in [4.78, 5) is 10.6. The van der Waals surface area contributed by atoms with Crippen molar-refractivity contribution in [1.82, 2.24) is 0 Å². The van der Waals surface area contributed by atoms with Gasteiger partial charge < -0.3 is 5.32 Å². The number of amides is 1. The molecule has 1 amide bonds. The van der Waals surface area contributed by atoms with Gasteiger partial charge in [0, 0.05) is 5.69 Å². The van der Waals surface area contributed by atoms with Gasteiger partial charge >= 0.3 is 6.43 Å². The van der Waals surface area contributed by atoms with Gasteiger partial charge in [-0.05, 0) is 30.2 Å². The number of nitrogens with one attached hydrogen (secondary N) is 1. The maximum absolute atomic E-state index is 12.9. The number of hydrogen-bond acceptors (Lipinski definition) is 1. The zero-order valence-electron chi connectivity index (χ0n) is 8.06. The minimum absolute atomic E-state index is 0.0529. The third-order valence-corrected chi connectivity index (χ3v) is 1.83. The number of halogens is 3. The molecule has 0 saturated heterocycles. The van der Waals surface area contributed by atoms with Gasteiger partial charge in [0.05, 0.1) is 0 Å². The topological polar surface area (TPSA) is 29.1 Å². The molecule has 0 bridgehead atoms. The predicted octanol–water partition coefficient (Wildman–Crippen LogP) is 2.59. The maximum atomic E-state index is 12.9. The Morgan fingerprint density at radius 1 is 1.40 bits per heavy atom. The highest BCUT2D eigenvalue weighted by atomic mass is 19.3. The Kier molecular flexibility index (Phi) is 3.71. The van der Waals surface area contributed by atoms with Gasteiger partial charge in [0.1, 0.15) is 5.82 Å². The molecular formula is C10H10F3NO. The third kappa shape index (κ3) is 3.27. The predicted molar refractivity (Wildman–Crippen MR) is 50.4 cm³/mol. The van der Waals surface area contributed by atoms with Gasteiger partial charge in [-0.15, -0.1) is 0 Å². The average Bonchev–Trinajstić information content (AvgIpc) is 2.16. The Labute approximate surface area is 85.1 Å². The van der Waals surface area contributed by atoms with E-state index < -0.39 is 18.1 Å². The van der Waals surface area contributed by atoms with Crippen LogP contribution in [0.25, 0.3) is 0 Å². The molecule has 15 heavy (non-hydrogen) atoms. The monoisotopic (exact) mass is 217 g/mol. The maximum Gasteiger partial charge on any atom is 0.315 e. The van der Waals surface area contributed by atoms with E-state index in [4.69, 9.17) is 0 Å². The highest BCUT2D eigenvalue weighted by molar-refractivity contribution is 5.93. The Balaban J connectivity index is 2.85. The molecule has 0 aliphatic rings. The summed E-state index contributed by atoms with van der Waals surface area (Å²) >= 11 is 0. The van der Waals surface area contributed by atoms with Crippen LogP contribution >= 0.6 is 0 Å². The van der Waals surface area contributed by atoms with E-state index in [1.807, 2.05) is 5.32 Å². The smallest absolute Gasteiger partial charge is 0.315 e. The van der Waals surface area contributed by atoms with Crippen LogP contribution in [-0.2, 0) is 11.2 Å². The van der Waals surface area contributed by atoms with E-state index in [0.717, 1.165) is 6.07 Å². The first-order valence-electron chi connectivity index (χ1n) is 4.41. The second kappa shape index (κ2) is 4.82. The van der Waals surface area contributed by atoms with Crippen LogP contribution in [0.4, 0.5) is 18.9 Å². The summed E-state index contributed by atoms with van der Waals surface area (Å²) in [6, 6.07) is 3.75. The number of anilines is 1. The van der Waals surface area contributed by atoms with E-state index in [1.165, 1.54) is 12.1 Å². The van der Waals surface area contributed by atoms with Gasteiger partial charge in [0.25, 0.3) is 5.91 Å². The van der Waals surface area contributed by atoms with E-state index in [2.05, 4.69) is 0 Å². The van der Waals surface area contributed by atoms with Crippen LogP contribution in [0.1, 0.15) is 12.5 Å². The van der Waals surface area contributed by atoms with Crippen molar-refractivity contribution < 1.29 is 18.0 Å². The van der Waals surface area contributed by atoms with Crippen molar-refractivity contribution in [2.24, 2.45) is 0 Å². The normalized spacial score (nSPS) is 10.5. The second-order valence-corrected chi connectivity index (χ2v) is 2.99. The summed E-state index contributed by atoms with van der Waals surface area (Å²) < 4.78 is 36.7. The molecule has 0 radical (unpaired) electrons. The SMILES string of the molecule is CCc1cc(F)cc(NC(=O)C(F)F)c1. The van der Waals surface area contributed by atoms with Crippen molar-refractivity contribution in [3.05, 3.63) is 29.6 Å². The fourth-order valence-electron chi connectivity index (χ4n) is 1.12. The second-order valence-electron chi connectivity index (χ2n) is 2.99. The summed E-state index contributed by atoms with van der Waals surface area (Å²) in [7, 11) is 0. The third-order valence-electron chi connectivity index (χ3n) is 1.83. The molecule has 1 aromatic rings. The molecule has 1 N–H and O–H groups in total. The van der Waals surface area contributed by atoms with Crippen molar-refractivity contribution in [3.63, 3.8) is 0 Å². The molecule has 0 aromatic heterocycles. The first kappa shape index (κ1) is 11.6. The van der Waals surface area contributed by atoms with Crippen LogP contribution in [0.15, 0.2) is 18.2 Å². The number of benzene rings is 1. The van der Waals surface area contributed by atoms with Gasteiger partial charge in [-0.25, -0.2) is 4.39 Å². The molecule has 0 atom stereocenters. The Morgan fingerprint density at radius 2 is 2.07 bits per heavy atom. The number of carbonyl (C=O) groups is 1. The van der Waals surface area contributed by atoms with Gasteiger partial charge in [0.2, 0.25) is 0 Å². The molecule has 0 aliphatic carbocycles. The Morgan fingerprint density at radius 3 is 2.60 bits per heavy atom. The lowest BCUT2D eigenvalue weighted by atomic mass is 10.1. The van der Waals surface area contributed by atoms with E-state index in [1.54, 1.807) is 6.92 Å². The quantitative estimate of drug-likeness (QED) is 0.828. The lowest BCUT2D eigenvalue weighted by Gasteiger charge is -2.06. The van der Waals surface area contributed by atoms with E-state index >= 15 is 0 Å². The van der Waals surface area contributed by atoms with Crippen LogP contribution in [0.2, 0.25) is 0 Å². The van der Waals surface area contributed by atoms with E-state index in [-0.39, 0.29) is 5.69 Å². The van der Waals surface area contributed by atoms with Gasteiger partial charge in [-0.1, -0.05) is 6.92 Å². The van der Waals surface area contributed by atoms with Crippen molar-refractivity contribution in [2.45, 2.75) is 19.8 Å².